The third-order valence-electron chi connectivity index (χ3n) is 2.84. The number of methoxy groups -OCH3 is 1. The molecule has 3 heteroatoms. The molecule has 0 bridgehead atoms. The average Bonchev–Trinajstić information content (AvgIpc) is 2.35. The van der Waals surface area contributed by atoms with E-state index in [4.69, 9.17) is 10.5 Å². The Morgan fingerprint density at radius 1 is 1.24 bits per heavy atom. The summed E-state index contributed by atoms with van der Waals surface area (Å²) >= 11 is 0. The fourth-order valence-electron chi connectivity index (χ4n) is 2.03. The Kier molecular flexibility index (Phi) is 3.40. The van der Waals surface area contributed by atoms with E-state index in [0.29, 0.717) is 18.6 Å². The molecule has 2 aromatic rings. The van der Waals surface area contributed by atoms with Gasteiger partial charge in [-0.2, -0.15) is 0 Å². The number of carbonyl (C=O) groups excluding carboxylic acids is 1. The van der Waals surface area contributed by atoms with E-state index >= 15 is 0 Å². The first kappa shape index (κ1) is 11.6. The first-order valence-corrected chi connectivity index (χ1v) is 5.53. The third kappa shape index (κ3) is 2.29. The van der Waals surface area contributed by atoms with E-state index in [-0.39, 0.29) is 5.91 Å². The van der Waals surface area contributed by atoms with Gasteiger partial charge in [0.1, 0.15) is 0 Å². The van der Waals surface area contributed by atoms with Crippen LogP contribution in [0.15, 0.2) is 36.4 Å². The quantitative estimate of drug-likeness (QED) is 0.873. The minimum atomic E-state index is -0.382. The van der Waals surface area contributed by atoms with E-state index in [1.54, 1.807) is 7.11 Å². The molecular weight excluding hydrogens is 214 g/mol. The van der Waals surface area contributed by atoms with E-state index in [0.717, 1.165) is 16.3 Å². The number of hydrogen-bond donors (Lipinski definition) is 1. The lowest BCUT2D eigenvalue weighted by Crippen LogP contribution is -2.15. The van der Waals surface area contributed by atoms with Gasteiger partial charge in [0.15, 0.2) is 0 Å². The van der Waals surface area contributed by atoms with Crippen LogP contribution in [0.1, 0.15) is 15.9 Å². The Morgan fingerprint density at radius 3 is 2.71 bits per heavy atom. The van der Waals surface area contributed by atoms with Crippen LogP contribution in [0.25, 0.3) is 10.8 Å². The van der Waals surface area contributed by atoms with E-state index in [1.807, 2.05) is 36.4 Å². The summed E-state index contributed by atoms with van der Waals surface area (Å²) < 4.78 is 5.04. The molecule has 0 radical (unpaired) electrons. The number of nitrogens with two attached hydrogens (primary N) is 1. The number of rotatable bonds is 4. The van der Waals surface area contributed by atoms with Crippen molar-refractivity contribution in [3.63, 3.8) is 0 Å². The molecule has 2 aromatic carbocycles. The maximum atomic E-state index is 11.6. The average molecular weight is 229 g/mol. The number of primary amides is 1. The molecule has 88 valence electrons. The van der Waals surface area contributed by atoms with Crippen LogP contribution in [0.3, 0.4) is 0 Å². The summed E-state index contributed by atoms with van der Waals surface area (Å²) in [6, 6.07) is 11.7. The van der Waals surface area contributed by atoms with Crippen molar-refractivity contribution < 1.29 is 9.53 Å². The zero-order valence-corrected chi connectivity index (χ0v) is 9.77. The Labute approximate surface area is 100 Å². The second-order valence-corrected chi connectivity index (χ2v) is 3.93. The maximum absolute atomic E-state index is 11.6. The number of hydrogen-bond acceptors (Lipinski definition) is 2. The molecule has 0 aliphatic carbocycles. The van der Waals surface area contributed by atoms with Gasteiger partial charge in [-0.15, -0.1) is 0 Å². The minimum absolute atomic E-state index is 0.382. The number of ether oxygens (including phenoxy) is 1. The van der Waals surface area contributed by atoms with E-state index in [9.17, 15) is 4.79 Å². The SMILES string of the molecule is COCCc1ccc2ccccc2c1C(N)=O. The molecule has 0 atom stereocenters. The summed E-state index contributed by atoms with van der Waals surface area (Å²) in [4.78, 5) is 11.6. The normalized spacial score (nSPS) is 10.6. The molecule has 0 unspecified atom stereocenters. The fourth-order valence-corrected chi connectivity index (χ4v) is 2.03. The summed E-state index contributed by atoms with van der Waals surface area (Å²) in [6.45, 7) is 0.582. The van der Waals surface area contributed by atoms with Gasteiger partial charge < -0.3 is 10.5 Å². The van der Waals surface area contributed by atoms with Gasteiger partial charge in [0.05, 0.1) is 12.2 Å². The lowest BCUT2D eigenvalue weighted by Gasteiger charge is -2.10. The van der Waals surface area contributed by atoms with Crippen LogP contribution >= 0.6 is 0 Å². The first-order valence-electron chi connectivity index (χ1n) is 5.53. The second kappa shape index (κ2) is 4.97. The fraction of sp³-hybridized carbons (Fsp3) is 0.214. The van der Waals surface area contributed by atoms with Crippen molar-refractivity contribution in [3.05, 3.63) is 47.5 Å². The molecule has 0 heterocycles. The van der Waals surface area contributed by atoms with Gasteiger partial charge in [0.25, 0.3) is 0 Å². The molecule has 0 fully saturated rings. The first-order chi connectivity index (χ1) is 8.24. The molecule has 0 aliphatic rings. The highest BCUT2D eigenvalue weighted by molar-refractivity contribution is 6.07. The second-order valence-electron chi connectivity index (χ2n) is 3.93. The van der Waals surface area contributed by atoms with Crippen molar-refractivity contribution in [2.75, 3.05) is 13.7 Å². The Balaban J connectivity index is 2.60. The Morgan fingerprint density at radius 2 is 2.00 bits per heavy atom. The smallest absolute Gasteiger partial charge is 0.249 e. The predicted octanol–water partition coefficient (Wildman–Crippen LogP) is 2.13. The number of amides is 1. The number of fused-ring (bicyclic) bond motifs is 1. The summed E-state index contributed by atoms with van der Waals surface area (Å²) in [7, 11) is 1.64. The summed E-state index contributed by atoms with van der Waals surface area (Å²) in [5.41, 5.74) is 7.03. The van der Waals surface area contributed by atoms with Gasteiger partial charge in [-0.05, 0) is 22.8 Å². The Bertz CT molecular complexity index is 549. The van der Waals surface area contributed by atoms with Gasteiger partial charge in [0, 0.05) is 7.11 Å². The van der Waals surface area contributed by atoms with E-state index < -0.39 is 0 Å². The van der Waals surface area contributed by atoms with Crippen molar-refractivity contribution in [1.82, 2.24) is 0 Å². The van der Waals surface area contributed by atoms with Crippen LogP contribution in [0, 0.1) is 0 Å². The molecule has 17 heavy (non-hydrogen) atoms. The predicted molar refractivity (Wildman–Crippen MR) is 68.0 cm³/mol. The molecule has 0 saturated carbocycles. The van der Waals surface area contributed by atoms with Gasteiger partial charge in [-0.1, -0.05) is 36.4 Å². The lowest BCUT2D eigenvalue weighted by molar-refractivity contribution is 0.100. The molecule has 2 N–H and O–H groups in total. The monoisotopic (exact) mass is 229 g/mol. The van der Waals surface area contributed by atoms with Gasteiger partial charge in [-0.25, -0.2) is 0 Å². The molecular formula is C14H15NO2. The van der Waals surface area contributed by atoms with Gasteiger partial charge in [-0.3, -0.25) is 4.79 Å². The highest BCUT2D eigenvalue weighted by Crippen LogP contribution is 2.22. The van der Waals surface area contributed by atoms with Crippen molar-refractivity contribution in [3.8, 4) is 0 Å². The summed E-state index contributed by atoms with van der Waals surface area (Å²) in [5.74, 6) is -0.382. The highest BCUT2D eigenvalue weighted by Gasteiger charge is 2.11. The molecule has 1 amide bonds. The molecule has 0 spiro atoms. The summed E-state index contributed by atoms with van der Waals surface area (Å²) in [6.07, 6.45) is 0.694. The van der Waals surface area contributed by atoms with Crippen LogP contribution < -0.4 is 5.73 Å². The van der Waals surface area contributed by atoms with Crippen molar-refractivity contribution >= 4 is 16.7 Å². The highest BCUT2D eigenvalue weighted by atomic mass is 16.5. The number of benzene rings is 2. The number of carbonyl (C=O) groups is 1. The van der Waals surface area contributed by atoms with Gasteiger partial charge in [0.2, 0.25) is 5.91 Å². The van der Waals surface area contributed by atoms with Gasteiger partial charge >= 0.3 is 0 Å². The van der Waals surface area contributed by atoms with Crippen LogP contribution in [0.4, 0.5) is 0 Å². The lowest BCUT2D eigenvalue weighted by atomic mass is 9.97. The van der Waals surface area contributed by atoms with Crippen molar-refractivity contribution in [2.24, 2.45) is 5.73 Å². The van der Waals surface area contributed by atoms with Crippen LogP contribution in [-0.4, -0.2) is 19.6 Å². The van der Waals surface area contributed by atoms with E-state index in [2.05, 4.69) is 0 Å². The molecule has 2 rings (SSSR count). The zero-order chi connectivity index (χ0) is 12.3. The van der Waals surface area contributed by atoms with Crippen LogP contribution in [-0.2, 0) is 11.2 Å². The minimum Gasteiger partial charge on any atom is -0.384 e. The topological polar surface area (TPSA) is 52.3 Å². The standard InChI is InChI=1S/C14H15NO2/c1-17-9-8-11-7-6-10-4-2-3-5-12(10)13(11)14(15)16/h2-7H,8-9H2,1H3,(H2,15,16). The molecule has 0 aromatic heterocycles. The van der Waals surface area contributed by atoms with Crippen LogP contribution in [0.5, 0.6) is 0 Å². The van der Waals surface area contributed by atoms with Crippen molar-refractivity contribution in [2.45, 2.75) is 6.42 Å². The molecule has 0 aliphatic heterocycles. The molecule has 3 nitrogen and oxygen atoms in total. The largest absolute Gasteiger partial charge is 0.384 e. The van der Waals surface area contributed by atoms with Crippen LogP contribution in [0.2, 0.25) is 0 Å². The maximum Gasteiger partial charge on any atom is 0.249 e. The Hall–Kier alpha value is -1.87. The molecule has 0 saturated heterocycles. The zero-order valence-electron chi connectivity index (χ0n) is 9.77. The van der Waals surface area contributed by atoms with Crippen molar-refractivity contribution in [1.29, 1.82) is 0 Å². The summed E-state index contributed by atoms with van der Waals surface area (Å²) in [5, 5.41) is 1.94. The van der Waals surface area contributed by atoms with E-state index in [1.165, 1.54) is 0 Å². The third-order valence-corrected chi connectivity index (χ3v) is 2.84.